The summed E-state index contributed by atoms with van der Waals surface area (Å²) in [6, 6.07) is 7.26. The number of amides is 2. The van der Waals surface area contributed by atoms with Gasteiger partial charge < -0.3 is 16.0 Å². The number of carbonyl (C=O) groups excluding carboxylic acids is 2. The Morgan fingerprint density at radius 2 is 1.90 bits per heavy atom. The quantitative estimate of drug-likeness (QED) is 0.797. The third kappa shape index (κ3) is 4.86. The first kappa shape index (κ1) is 17.2. The maximum Gasteiger partial charge on any atom is 0.251 e. The molecule has 21 heavy (non-hydrogen) atoms. The van der Waals surface area contributed by atoms with E-state index in [4.69, 9.17) is 5.73 Å². The molecule has 0 aliphatic rings. The molecule has 1 atom stereocenters. The number of rotatable bonds is 7. The zero-order valence-electron chi connectivity index (χ0n) is 13.1. The molecule has 1 aromatic rings. The van der Waals surface area contributed by atoms with Gasteiger partial charge in [0.15, 0.2) is 0 Å². The van der Waals surface area contributed by atoms with Crippen LogP contribution in [0.15, 0.2) is 24.3 Å². The predicted molar refractivity (Wildman–Crippen MR) is 83.8 cm³/mol. The second kappa shape index (κ2) is 8.42. The van der Waals surface area contributed by atoms with Gasteiger partial charge in [-0.15, -0.1) is 0 Å². The summed E-state index contributed by atoms with van der Waals surface area (Å²) in [5.41, 5.74) is 7.27. The van der Waals surface area contributed by atoms with Gasteiger partial charge in [-0.1, -0.05) is 25.5 Å². The van der Waals surface area contributed by atoms with E-state index in [0.717, 1.165) is 18.4 Å². The van der Waals surface area contributed by atoms with Crippen LogP contribution in [0.1, 0.15) is 35.7 Å². The lowest BCUT2D eigenvalue weighted by molar-refractivity contribution is -0.134. The molecule has 116 valence electrons. The Bertz CT molecular complexity index is 471. The number of nitrogens with zero attached hydrogens (tertiary/aromatic N) is 1. The summed E-state index contributed by atoms with van der Waals surface area (Å²) in [7, 11) is 3.39. The maximum absolute atomic E-state index is 12.3. The SMILES string of the molecule is CCCC(CN)C(=O)N(C)Cc1ccc(C(=O)NC)cc1. The van der Waals surface area contributed by atoms with Gasteiger partial charge >= 0.3 is 0 Å². The largest absolute Gasteiger partial charge is 0.355 e. The molecule has 0 aliphatic heterocycles. The molecule has 0 heterocycles. The van der Waals surface area contributed by atoms with Crippen molar-refractivity contribution in [3.05, 3.63) is 35.4 Å². The van der Waals surface area contributed by atoms with Crippen LogP contribution in [0.5, 0.6) is 0 Å². The van der Waals surface area contributed by atoms with Crippen molar-refractivity contribution in [3.8, 4) is 0 Å². The van der Waals surface area contributed by atoms with Crippen LogP contribution in [-0.2, 0) is 11.3 Å². The Morgan fingerprint density at radius 1 is 1.29 bits per heavy atom. The summed E-state index contributed by atoms with van der Waals surface area (Å²) in [5, 5.41) is 2.58. The number of hydrogen-bond acceptors (Lipinski definition) is 3. The average molecular weight is 291 g/mol. The Balaban J connectivity index is 2.67. The lowest BCUT2D eigenvalue weighted by atomic mass is 10.0. The molecule has 0 spiro atoms. The molecule has 0 aliphatic carbocycles. The van der Waals surface area contributed by atoms with Gasteiger partial charge in [-0.05, 0) is 24.1 Å². The van der Waals surface area contributed by atoms with Crippen LogP contribution < -0.4 is 11.1 Å². The van der Waals surface area contributed by atoms with Gasteiger partial charge in [0.1, 0.15) is 0 Å². The van der Waals surface area contributed by atoms with E-state index < -0.39 is 0 Å². The molecule has 3 N–H and O–H groups in total. The highest BCUT2D eigenvalue weighted by molar-refractivity contribution is 5.93. The summed E-state index contributed by atoms with van der Waals surface area (Å²) in [6.07, 6.45) is 1.76. The van der Waals surface area contributed by atoms with Gasteiger partial charge in [-0.3, -0.25) is 9.59 Å². The molecular formula is C16H25N3O2. The van der Waals surface area contributed by atoms with Crippen molar-refractivity contribution < 1.29 is 9.59 Å². The molecule has 2 amide bonds. The van der Waals surface area contributed by atoms with Crippen LogP contribution in [0.25, 0.3) is 0 Å². The fraction of sp³-hybridized carbons (Fsp3) is 0.500. The molecule has 0 saturated carbocycles. The molecule has 5 heteroatoms. The van der Waals surface area contributed by atoms with E-state index >= 15 is 0 Å². The van der Waals surface area contributed by atoms with Crippen molar-refractivity contribution in [2.45, 2.75) is 26.3 Å². The molecule has 0 bridgehead atoms. The first-order chi connectivity index (χ1) is 10.0. The topological polar surface area (TPSA) is 75.4 Å². The van der Waals surface area contributed by atoms with Crippen LogP contribution in [0.2, 0.25) is 0 Å². The van der Waals surface area contributed by atoms with Crippen molar-refractivity contribution in [1.29, 1.82) is 0 Å². The van der Waals surface area contributed by atoms with Crippen LogP contribution in [0.4, 0.5) is 0 Å². The van der Waals surface area contributed by atoms with Gasteiger partial charge in [-0.25, -0.2) is 0 Å². The van der Waals surface area contributed by atoms with Gasteiger partial charge in [0.2, 0.25) is 5.91 Å². The molecule has 0 fully saturated rings. The van der Waals surface area contributed by atoms with Crippen molar-refractivity contribution in [2.75, 3.05) is 20.6 Å². The lowest BCUT2D eigenvalue weighted by Crippen LogP contribution is -2.36. The first-order valence-corrected chi connectivity index (χ1v) is 7.29. The zero-order valence-corrected chi connectivity index (χ0v) is 13.1. The Kier molecular flexibility index (Phi) is 6.88. The van der Waals surface area contributed by atoms with E-state index in [0.29, 0.717) is 18.7 Å². The first-order valence-electron chi connectivity index (χ1n) is 7.29. The highest BCUT2D eigenvalue weighted by Crippen LogP contribution is 2.12. The minimum Gasteiger partial charge on any atom is -0.355 e. The minimum atomic E-state index is -0.114. The monoisotopic (exact) mass is 291 g/mol. The molecule has 1 aromatic carbocycles. The zero-order chi connectivity index (χ0) is 15.8. The van der Waals surface area contributed by atoms with Gasteiger partial charge in [0, 0.05) is 32.7 Å². The standard InChI is InChI=1S/C16H25N3O2/c1-4-5-14(10-17)16(21)19(3)11-12-6-8-13(9-7-12)15(20)18-2/h6-9,14H,4-5,10-11,17H2,1-3H3,(H,18,20). The van der Waals surface area contributed by atoms with Crippen molar-refractivity contribution >= 4 is 11.8 Å². The second-order valence-corrected chi connectivity index (χ2v) is 5.19. The number of hydrogen-bond donors (Lipinski definition) is 2. The summed E-state index contributed by atoms with van der Waals surface area (Å²) in [6.45, 7) is 2.95. The predicted octanol–water partition coefficient (Wildman–Crippen LogP) is 1.38. The highest BCUT2D eigenvalue weighted by atomic mass is 16.2. The molecule has 0 saturated heterocycles. The van der Waals surface area contributed by atoms with Crippen molar-refractivity contribution in [1.82, 2.24) is 10.2 Å². The Morgan fingerprint density at radius 3 is 2.38 bits per heavy atom. The van der Waals surface area contributed by atoms with E-state index in [-0.39, 0.29) is 17.7 Å². The molecule has 0 radical (unpaired) electrons. The van der Waals surface area contributed by atoms with Crippen LogP contribution in [0.3, 0.4) is 0 Å². The smallest absolute Gasteiger partial charge is 0.251 e. The fourth-order valence-electron chi connectivity index (χ4n) is 2.26. The van der Waals surface area contributed by atoms with E-state index in [1.54, 1.807) is 31.1 Å². The number of carbonyl (C=O) groups is 2. The molecule has 1 rings (SSSR count). The van der Waals surface area contributed by atoms with Crippen LogP contribution in [-0.4, -0.2) is 37.4 Å². The normalized spacial score (nSPS) is 11.8. The number of nitrogens with two attached hydrogens (primary N) is 1. The fourth-order valence-corrected chi connectivity index (χ4v) is 2.26. The van der Waals surface area contributed by atoms with Gasteiger partial charge in [0.05, 0.1) is 5.92 Å². The van der Waals surface area contributed by atoms with Crippen LogP contribution in [0, 0.1) is 5.92 Å². The summed E-state index contributed by atoms with van der Waals surface area (Å²) in [5.74, 6) is -0.142. The lowest BCUT2D eigenvalue weighted by Gasteiger charge is -2.22. The van der Waals surface area contributed by atoms with Crippen molar-refractivity contribution in [3.63, 3.8) is 0 Å². The number of benzene rings is 1. The van der Waals surface area contributed by atoms with Crippen LogP contribution >= 0.6 is 0 Å². The highest BCUT2D eigenvalue weighted by Gasteiger charge is 2.19. The summed E-state index contributed by atoms with van der Waals surface area (Å²) in [4.78, 5) is 25.4. The molecular weight excluding hydrogens is 266 g/mol. The molecule has 0 aromatic heterocycles. The molecule has 5 nitrogen and oxygen atoms in total. The number of nitrogens with one attached hydrogen (secondary N) is 1. The van der Waals surface area contributed by atoms with Crippen molar-refractivity contribution in [2.24, 2.45) is 11.7 Å². The van der Waals surface area contributed by atoms with E-state index in [9.17, 15) is 9.59 Å². The third-order valence-electron chi connectivity index (χ3n) is 3.51. The second-order valence-electron chi connectivity index (χ2n) is 5.19. The third-order valence-corrected chi connectivity index (χ3v) is 3.51. The Labute approximate surface area is 126 Å². The Hall–Kier alpha value is -1.88. The summed E-state index contributed by atoms with van der Waals surface area (Å²) >= 11 is 0. The molecule has 1 unspecified atom stereocenters. The van der Waals surface area contributed by atoms with E-state index in [1.165, 1.54) is 0 Å². The maximum atomic E-state index is 12.3. The van der Waals surface area contributed by atoms with Gasteiger partial charge in [-0.2, -0.15) is 0 Å². The summed E-state index contributed by atoms with van der Waals surface area (Å²) < 4.78 is 0. The van der Waals surface area contributed by atoms with Gasteiger partial charge in [0.25, 0.3) is 5.91 Å². The average Bonchev–Trinajstić information content (AvgIpc) is 2.51. The van der Waals surface area contributed by atoms with E-state index in [1.807, 2.05) is 19.1 Å². The minimum absolute atomic E-state index is 0.0785. The van der Waals surface area contributed by atoms with E-state index in [2.05, 4.69) is 5.32 Å².